The van der Waals surface area contributed by atoms with E-state index in [1.54, 1.807) is 48.5 Å². The minimum atomic E-state index is -4.25. The molecule has 1 aliphatic carbocycles. The minimum Gasteiger partial charge on any atom is -0.294 e. The van der Waals surface area contributed by atoms with Crippen LogP contribution in [0, 0.1) is 6.92 Å². The smallest absolute Gasteiger partial charge is 0.243 e. The van der Waals surface area contributed by atoms with Crippen LogP contribution in [0.15, 0.2) is 122 Å². The standard InChI is InChI=1S/C29H27NO7S3/c1-21-12-14-25(15-13-21)40(36,37)30-17-16-28(38(32,33)23-8-4-2-5-9-23)26-18-22(31)19-27(26)29(20-30)39(34,35)24-10-6-3-7-11-24/h2-15,19,29H,16-18,20H2,1H3/b28-26+. The van der Waals surface area contributed by atoms with E-state index in [4.69, 9.17) is 0 Å². The highest BCUT2D eigenvalue weighted by Gasteiger charge is 2.43. The van der Waals surface area contributed by atoms with Crippen LogP contribution >= 0.6 is 0 Å². The summed E-state index contributed by atoms with van der Waals surface area (Å²) < 4.78 is 84.5. The first-order chi connectivity index (χ1) is 18.9. The Morgan fingerprint density at radius 2 is 1.30 bits per heavy atom. The van der Waals surface area contributed by atoms with Gasteiger partial charge in [0.1, 0.15) is 5.25 Å². The van der Waals surface area contributed by atoms with E-state index in [0.29, 0.717) is 0 Å². The fraction of sp³-hybridized carbons (Fsp3) is 0.207. The molecule has 5 rings (SSSR count). The van der Waals surface area contributed by atoms with Crippen molar-refractivity contribution in [2.24, 2.45) is 0 Å². The lowest BCUT2D eigenvalue weighted by Gasteiger charge is -2.31. The highest BCUT2D eigenvalue weighted by atomic mass is 32.2. The van der Waals surface area contributed by atoms with Crippen molar-refractivity contribution in [2.45, 2.75) is 39.7 Å². The van der Waals surface area contributed by atoms with E-state index in [1.807, 2.05) is 6.92 Å². The van der Waals surface area contributed by atoms with Crippen molar-refractivity contribution in [3.05, 3.63) is 113 Å². The molecule has 8 nitrogen and oxygen atoms in total. The number of ketones is 1. The molecule has 0 amide bonds. The van der Waals surface area contributed by atoms with Crippen molar-refractivity contribution >= 4 is 35.5 Å². The summed E-state index contributed by atoms with van der Waals surface area (Å²) in [5.41, 5.74) is 0.993. The second kappa shape index (κ2) is 10.5. The number of benzene rings is 3. The molecule has 2 aliphatic rings. The van der Waals surface area contributed by atoms with Crippen molar-refractivity contribution < 1.29 is 30.0 Å². The largest absolute Gasteiger partial charge is 0.294 e. The van der Waals surface area contributed by atoms with Crippen molar-refractivity contribution in [1.82, 2.24) is 4.31 Å². The van der Waals surface area contributed by atoms with Gasteiger partial charge in [-0.1, -0.05) is 54.1 Å². The van der Waals surface area contributed by atoms with Gasteiger partial charge in [0.2, 0.25) is 19.9 Å². The monoisotopic (exact) mass is 597 g/mol. The minimum absolute atomic E-state index is 0.0205. The van der Waals surface area contributed by atoms with Crippen LogP contribution in [0.25, 0.3) is 0 Å². The maximum absolute atomic E-state index is 14.0. The summed E-state index contributed by atoms with van der Waals surface area (Å²) in [5.74, 6) is -0.436. The van der Waals surface area contributed by atoms with Crippen LogP contribution in [-0.4, -0.2) is 53.7 Å². The molecule has 208 valence electrons. The second-order valence-electron chi connectivity index (χ2n) is 9.73. The topological polar surface area (TPSA) is 123 Å². The quantitative estimate of drug-likeness (QED) is 0.423. The van der Waals surface area contributed by atoms with Gasteiger partial charge < -0.3 is 0 Å². The molecule has 1 unspecified atom stereocenters. The maximum Gasteiger partial charge on any atom is 0.243 e. The Bertz CT molecular complexity index is 1840. The van der Waals surface area contributed by atoms with Gasteiger partial charge in [-0.3, -0.25) is 4.79 Å². The maximum atomic E-state index is 14.0. The van der Waals surface area contributed by atoms with Gasteiger partial charge >= 0.3 is 0 Å². The average Bonchev–Trinajstić information content (AvgIpc) is 3.29. The van der Waals surface area contributed by atoms with Crippen LogP contribution in [0.3, 0.4) is 0 Å². The first kappa shape index (κ1) is 28.2. The molecular formula is C29H27NO7S3. The number of sulfonamides is 1. The van der Waals surface area contributed by atoms with E-state index < -0.39 is 47.3 Å². The third-order valence-corrected chi connectivity index (χ3v) is 13.1. The van der Waals surface area contributed by atoms with Crippen LogP contribution in [-0.2, 0) is 34.5 Å². The summed E-state index contributed by atoms with van der Waals surface area (Å²) in [6.07, 6.45) is 0.658. The highest BCUT2D eigenvalue weighted by molar-refractivity contribution is 7.95. The Morgan fingerprint density at radius 1 is 0.725 bits per heavy atom. The molecule has 3 aromatic rings. The first-order valence-electron chi connectivity index (χ1n) is 12.5. The zero-order chi connectivity index (χ0) is 28.7. The molecule has 1 atom stereocenters. The second-order valence-corrected chi connectivity index (χ2v) is 15.8. The Morgan fingerprint density at radius 3 is 1.90 bits per heavy atom. The molecule has 11 heteroatoms. The summed E-state index contributed by atoms with van der Waals surface area (Å²) in [6, 6.07) is 21.3. The number of hydrogen-bond donors (Lipinski definition) is 0. The Labute approximate surface area is 234 Å². The molecule has 0 saturated carbocycles. The molecule has 0 N–H and O–H groups in total. The lowest BCUT2D eigenvalue weighted by Crippen LogP contribution is -2.43. The molecule has 1 heterocycles. The van der Waals surface area contributed by atoms with Gasteiger partial charge in [-0.15, -0.1) is 0 Å². The van der Waals surface area contributed by atoms with E-state index in [9.17, 15) is 30.0 Å². The number of carbonyl (C=O) groups excluding carboxylic acids is 1. The van der Waals surface area contributed by atoms with Gasteiger partial charge in [0, 0.05) is 19.5 Å². The molecule has 0 aromatic heterocycles. The summed E-state index contributed by atoms with van der Waals surface area (Å²) in [4.78, 5) is 12.5. The predicted octanol–water partition coefficient (Wildman–Crippen LogP) is 3.86. The predicted molar refractivity (Wildman–Crippen MR) is 150 cm³/mol. The van der Waals surface area contributed by atoms with Gasteiger partial charge in [0.25, 0.3) is 0 Å². The van der Waals surface area contributed by atoms with Gasteiger partial charge in [-0.05, 0) is 67.0 Å². The molecule has 40 heavy (non-hydrogen) atoms. The Kier molecular flexibility index (Phi) is 7.43. The molecule has 0 bridgehead atoms. The SMILES string of the molecule is Cc1ccc(S(=O)(=O)N2CC/C(S(=O)(=O)c3ccccc3)=C3/CC(=O)C=C3C(S(=O)(=O)c3ccccc3)C2)cc1. The van der Waals surface area contributed by atoms with Crippen molar-refractivity contribution in [1.29, 1.82) is 0 Å². The number of carbonyl (C=O) groups is 1. The van der Waals surface area contributed by atoms with Crippen LogP contribution in [0.1, 0.15) is 18.4 Å². The summed E-state index contributed by atoms with van der Waals surface area (Å²) in [6.45, 7) is 1.05. The van der Waals surface area contributed by atoms with Crippen molar-refractivity contribution in [2.75, 3.05) is 13.1 Å². The third kappa shape index (κ3) is 5.10. The molecule has 0 saturated heterocycles. The van der Waals surface area contributed by atoms with Gasteiger partial charge in [0.05, 0.1) is 19.6 Å². The van der Waals surface area contributed by atoms with Crippen LogP contribution in [0.5, 0.6) is 0 Å². The van der Waals surface area contributed by atoms with Crippen LogP contribution in [0.4, 0.5) is 0 Å². The molecule has 1 aliphatic heterocycles. The zero-order valence-corrected chi connectivity index (χ0v) is 24.0. The first-order valence-corrected chi connectivity index (χ1v) is 17.0. The number of hydrogen-bond acceptors (Lipinski definition) is 7. The van der Waals surface area contributed by atoms with E-state index >= 15 is 0 Å². The summed E-state index contributed by atoms with van der Waals surface area (Å²) >= 11 is 0. The van der Waals surface area contributed by atoms with E-state index in [0.717, 1.165) is 15.9 Å². The lowest BCUT2D eigenvalue weighted by atomic mass is 10.0. The number of rotatable bonds is 6. The lowest BCUT2D eigenvalue weighted by molar-refractivity contribution is -0.113. The fourth-order valence-electron chi connectivity index (χ4n) is 5.04. The number of aryl methyl sites for hydroxylation is 1. The molecule has 0 fully saturated rings. The Hall–Kier alpha value is -3.38. The van der Waals surface area contributed by atoms with Gasteiger partial charge in [-0.25, -0.2) is 25.3 Å². The van der Waals surface area contributed by atoms with E-state index in [1.165, 1.54) is 36.4 Å². The Balaban J connectivity index is 1.73. The normalized spacial score (nSPS) is 20.9. The zero-order valence-electron chi connectivity index (χ0n) is 21.6. The average molecular weight is 598 g/mol. The summed E-state index contributed by atoms with van der Waals surface area (Å²) in [5, 5.41) is -1.50. The van der Waals surface area contributed by atoms with Crippen molar-refractivity contribution in [3.8, 4) is 0 Å². The van der Waals surface area contributed by atoms with Gasteiger partial charge in [-0.2, -0.15) is 4.31 Å². The number of fused-ring (bicyclic) bond motifs is 1. The molecule has 0 radical (unpaired) electrons. The van der Waals surface area contributed by atoms with E-state index in [-0.39, 0.29) is 50.1 Å². The highest BCUT2D eigenvalue weighted by Crippen LogP contribution is 2.40. The number of allylic oxidation sites excluding steroid dienone is 2. The molecular weight excluding hydrogens is 571 g/mol. The third-order valence-electron chi connectivity index (χ3n) is 7.14. The molecule has 3 aromatic carbocycles. The number of nitrogens with zero attached hydrogens (tertiary/aromatic N) is 1. The summed E-state index contributed by atoms with van der Waals surface area (Å²) in [7, 11) is -12.7. The fourth-order valence-corrected chi connectivity index (χ4v) is 10.1. The number of sulfone groups is 2. The van der Waals surface area contributed by atoms with Crippen LogP contribution < -0.4 is 0 Å². The van der Waals surface area contributed by atoms with Crippen LogP contribution in [0.2, 0.25) is 0 Å². The van der Waals surface area contributed by atoms with E-state index in [2.05, 4.69) is 0 Å². The molecule has 0 spiro atoms. The van der Waals surface area contributed by atoms with Gasteiger partial charge in [0.15, 0.2) is 15.6 Å². The van der Waals surface area contributed by atoms with Crippen molar-refractivity contribution in [3.63, 3.8) is 0 Å².